The fraction of sp³-hybridized carbons (Fsp3) is 0.158. The number of benzene rings is 2. The zero-order chi connectivity index (χ0) is 14.2. The monoisotopic (exact) mass is 264 g/mol. The molecule has 2 rings (SSSR count). The highest BCUT2D eigenvalue weighted by molar-refractivity contribution is 5.52. The molecule has 102 valence electrons. The van der Waals surface area contributed by atoms with Crippen LogP contribution in [0.5, 0.6) is 5.75 Å². The molecule has 0 spiro atoms. The fourth-order valence-electron chi connectivity index (χ4n) is 2.15. The molecule has 0 saturated carbocycles. The first-order valence-electron chi connectivity index (χ1n) is 6.81. The quantitative estimate of drug-likeness (QED) is 0.662. The Morgan fingerprint density at radius 1 is 1.05 bits per heavy atom. The van der Waals surface area contributed by atoms with Gasteiger partial charge in [-0.15, -0.1) is 6.58 Å². The van der Waals surface area contributed by atoms with Crippen molar-refractivity contribution in [2.24, 2.45) is 0 Å². The smallest absolute Gasteiger partial charge is 0.118 e. The highest BCUT2D eigenvalue weighted by Gasteiger charge is 2.04. The van der Waals surface area contributed by atoms with Gasteiger partial charge in [-0.25, -0.2) is 0 Å². The second kappa shape index (κ2) is 7.34. The Balaban J connectivity index is 2.14. The maximum atomic E-state index is 5.17. The van der Waals surface area contributed by atoms with E-state index in [-0.39, 0.29) is 0 Å². The summed E-state index contributed by atoms with van der Waals surface area (Å²) >= 11 is 0. The van der Waals surface area contributed by atoms with E-state index in [0.717, 1.165) is 12.2 Å². The lowest BCUT2D eigenvalue weighted by Gasteiger charge is -2.10. The molecule has 0 amide bonds. The highest BCUT2D eigenvalue weighted by atomic mass is 16.5. The molecule has 1 atom stereocenters. The Bertz CT molecular complexity index is 552. The lowest BCUT2D eigenvalue weighted by Crippen LogP contribution is -1.93. The molecule has 0 saturated heterocycles. The minimum Gasteiger partial charge on any atom is -0.497 e. The van der Waals surface area contributed by atoms with Gasteiger partial charge in [-0.3, -0.25) is 0 Å². The Morgan fingerprint density at radius 3 is 2.35 bits per heavy atom. The molecule has 0 aromatic heterocycles. The van der Waals surface area contributed by atoms with Gasteiger partial charge in [0.2, 0.25) is 0 Å². The van der Waals surface area contributed by atoms with E-state index >= 15 is 0 Å². The lowest BCUT2D eigenvalue weighted by atomic mass is 9.94. The van der Waals surface area contributed by atoms with Gasteiger partial charge in [-0.05, 0) is 29.7 Å². The summed E-state index contributed by atoms with van der Waals surface area (Å²) in [6.07, 6.45) is 7.30. The van der Waals surface area contributed by atoms with Crippen LogP contribution in [0.25, 0.3) is 6.08 Å². The molecule has 0 bridgehead atoms. The third-order valence-electron chi connectivity index (χ3n) is 3.29. The van der Waals surface area contributed by atoms with Crippen LogP contribution < -0.4 is 4.74 Å². The van der Waals surface area contributed by atoms with Gasteiger partial charge in [0, 0.05) is 5.92 Å². The number of hydrogen-bond acceptors (Lipinski definition) is 1. The third-order valence-corrected chi connectivity index (χ3v) is 3.29. The van der Waals surface area contributed by atoms with E-state index in [2.05, 4.69) is 55.1 Å². The number of hydrogen-bond donors (Lipinski definition) is 0. The van der Waals surface area contributed by atoms with E-state index in [1.54, 1.807) is 7.11 Å². The second-order valence-electron chi connectivity index (χ2n) is 4.67. The summed E-state index contributed by atoms with van der Waals surface area (Å²) in [5.74, 6) is 1.25. The maximum absolute atomic E-state index is 5.17. The first-order valence-corrected chi connectivity index (χ1v) is 6.81. The van der Waals surface area contributed by atoms with Crippen LogP contribution >= 0.6 is 0 Å². The normalized spacial score (nSPS) is 12.2. The minimum absolute atomic E-state index is 0.371. The summed E-state index contributed by atoms with van der Waals surface area (Å²) in [6.45, 7) is 3.85. The molecule has 0 N–H and O–H groups in total. The predicted octanol–water partition coefficient (Wildman–Crippen LogP) is 5.07. The van der Waals surface area contributed by atoms with Crippen LogP contribution in [0.1, 0.15) is 23.5 Å². The molecule has 2 aromatic carbocycles. The number of methoxy groups -OCH3 is 1. The van der Waals surface area contributed by atoms with Crippen LogP contribution in [0, 0.1) is 0 Å². The Hall–Kier alpha value is -2.28. The average molecular weight is 264 g/mol. The lowest BCUT2D eigenvalue weighted by molar-refractivity contribution is 0.415. The first-order chi connectivity index (χ1) is 9.83. The van der Waals surface area contributed by atoms with Gasteiger partial charge in [0.1, 0.15) is 5.75 Å². The zero-order valence-corrected chi connectivity index (χ0v) is 11.8. The Kier molecular flexibility index (Phi) is 5.19. The van der Waals surface area contributed by atoms with Gasteiger partial charge in [-0.1, -0.05) is 60.7 Å². The van der Waals surface area contributed by atoms with Crippen LogP contribution in [-0.2, 0) is 0 Å². The third kappa shape index (κ3) is 3.86. The highest BCUT2D eigenvalue weighted by Crippen LogP contribution is 2.23. The molecular formula is C19H20O. The fourth-order valence-corrected chi connectivity index (χ4v) is 2.15. The molecule has 2 aromatic rings. The molecule has 0 heterocycles. The molecule has 0 aliphatic carbocycles. The van der Waals surface area contributed by atoms with E-state index in [0.29, 0.717) is 5.92 Å². The molecular weight excluding hydrogens is 244 g/mol. The van der Waals surface area contributed by atoms with Crippen LogP contribution in [0.3, 0.4) is 0 Å². The van der Waals surface area contributed by atoms with Gasteiger partial charge < -0.3 is 4.74 Å². The van der Waals surface area contributed by atoms with Crippen molar-refractivity contribution in [3.05, 3.63) is 84.5 Å². The number of allylic oxidation sites excluding steroid dienone is 2. The van der Waals surface area contributed by atoms with E-state index in [1.807, 2.05) is 24.3 Å². The second-order valence-corrected chi connectivity index (χ2v) is 4.67. The molecule has 1 nitrogen and oxygen atoms in total. The topological polar surface area (TPSA) is 9.23 Å². The molecule has 1 unspecified atom stereocenters. The van der Waals surface area contributed by atoms with Crippen molar-refractivity contribution in [3.63, 3.8) is 0 Å². The van der Waals surface area contributed by atoms with Crippen molar-refractivity contribution in [3.8, 4) is 5.75 Å². The summed E-state index contributed by atoms with van der Waals surface area (Å²) in [7, 11) is 1.68. The van der Waals surface area contributed by atoms with Crippen molar-refractivity contribution in [2.75, 3.05) is 7.11 Å². The van der Waals surface area contributed by atoms with Crippen LogP contribution in [-0.4, -0.2) is 7.11 Å². The van der Waals surface area contributed by atoms with E-state index in [9.17, 15) is 0 Å². The first kappa shape index (κ1) is 14.1. The van der Waals surface area contributed by atoms with E-state index < -0.39 is 0 Å². The summed E-state index contributed by atoms with van der Waals surface area (Å²) in [4.78, 5) is 0. The standard InChI is InChI=1S/C19H20O/c1-3-7-17(18-8-5-4-6-9-18)13-10-16-11-14-19(20-2)15-12-16/h3-6,8-15,17H,1,7H2,2H3. The Morgan fingerprint density at radius 2 is 1.75 bits per heavy atom. The van der Waals surface area contributed by atoms with Gasteiger partial charge in [0.15, 0.2) is 0 Å². The molecule has 0 fully saturated rings. The van der Waals surface area contributed by atoms with Gasteiger partial charge in [0.05, 0.1) is 7.11 Å². The zero-order valence-electron chi connectivity index (χ0n) is 11.8. The van der Waals surface area contributed by atoms with Crippen LogP contribution in [0.4, 0.5) is 0 Å². The average Bonchev–Trinajstić information content (AvgIpc) is 2.53. The van der Waals surface area contributed by atoms with Crippen molar-refractivity contribution < 1.29 is 4.74 Å². The van der Waals surface area contributed by atoms with E-state index in [4.69, 9.17) is 4.74 Å². The van der Waals surface area contributed by atoms with Crippen molar-refractivity contribution in [2.45, 2.75) is 12.3 Å². The SMILES string of the molecule is C=CCC(C=Cc1ccc(OC)cc1)c1ccccc1. The molecule has 20 heavy (non-hydrogen) atoms. The number of rotatable bonds is 6. The number of ether oxygens (including phenoxy) is 1. The summed E-state index contributed by atoms with van der Waals surface area (Å²) < 4.78 is 5.17. The molecule has 0 aliphatic heterocycles. The Labute approximate surface area is 121 Å². The molecule has 1 heteroatoms. The van der Waals surface area contributed by atoms with Crippen LogP contribution in [0.2, 0.25) is 0 Å². The minimum atomic E-state index is 0.371. The maximum Gasteiger partial charge on any atom is 0.118 e. The van der Waals surface area contributed by atoms with Crippen LogP contribution in [0.15, 0.2) is 73.3 Å². The largest absolute Gasteiger partial charge is 0.497 e. The van der Waals surface area contributed by atoms with E-state index in [1.165, 1.54) is 11.1 Å². The summed E-state index contributed by atoms with van der Waals surface area (Å²) in [5, 5.41) is 0. The van der Waals surface area contributed by atoms with Gasteiger partial charge >= 0.3 is 0 Å². The van der Waals surface area contributed by atoms with Gasteiger partial charge in [0.25, 0.3) is 0 Å². The molecule has 0 aliphatic rings. The van der Waals surface area contributed by atoms with Gasteiger partial charge in [-0.2, -0.15) is 0 Å². The van der Waals surface area contributed by atoms with Crippen molar-refractivity contribution >= 4 is 6.08 Å². The summed E-state index contributed by atoms with van der Waals surface area (Å²) in [6, 6.07) is 18.6. The molecule has 0 radical (unpaired) electrons. The predicted molar refractivity (Wildman–Crippen MR) is 86.0 cm³/mol. The summed E-state index contributed by atoms with van der Waals surface area (Å²) in [5.41, 5.74) is 2.49. The van der Waals surface area contributed by atoms with Crippen molar-refractivity contribution in [1.29, 1.82) is 0 Å². The van der Waals surface area contributed by atoms with Crippen molar-refractivity contribution in [1.82, 2.24) is 0 Å².